The van der Waals surface area contributed by atoms with E-state index in [0.29, 0.717) is 18.5 Å². The SMILES string of the molecule is COc1cc(C(=O)NCCCO)ccc1F. The van der Waals surface area contributed by atoms with Crippen molar-refractivity contribution in [1.82, 2.24) is 5.32 Å². The van der Waals surface area contributed by atoms with Crippen LogP contribution >= 0.6 is 0 Å². The molecule has 0 aliphatic carbocycles. The number of hydrogen-bond acceptors (Lipinski definition) is 3. The van der Waals surface area contributed by atoms with Gasteiger partial charge in [0.2, 0.25) is 0 Å². The molecule has 0 fully saturated rings. The maximum absolute atomic E-state index is 13.1. The van der Waals surface area contributed by atoms with Crippen molar-refractivity contribution in [2.24, 2.45) is 0 Å². The fourth-order valence-electron chi connectivity index (χ4n) is 1.18. The third-order valence-electron chi connectivity index (χ3n) is 2.03. The minimum atomic E-state index is -0.505. The zero-order valence-electron chi connectivity index (χ0n) is 9.00. The van der Waals surface area contributed by atoms with Crippen molar-refractivity contribution in [1.29, 1.82) is 0 Å². The van der Waals surface area contributed by atoms with Crippen molar-refractivity contribution < 1.29 is 19.0 Å². The van der Waals surface area contributed by atoms with Crippen molar-refractivity contribution in [3.63, 3.8) is 0 Å². The normalized spacial score (nSPS) is 9.94. The first-order valence-electron chi connectivity index (χ1n) is 4.91. The highest BCUT2D eigenvalue weighted by atomic mass is 19.1. The molecular weight excluding hydrogens is 213 g/mol. The maximum Gasteiger partial charge on any atom is 0.251 e. The number of rotatable bonds is 5. The summed E-state index contributed by atoms with van der Waals surface area (Å²) < 4.78 is 17.8. The predicted molar refractivity (Wildman–Crippen MR) is 57.0 cm³/mol. The van der Waals surface area contributed by atoms with Crippen LogP contribution in [-0.2, 0) is 0 Å². The van der Waals surface area contributed by atoms with Gasteiger partial charge in [0.25, 0.3) is 5.91 Å². The number of ether oxygens (including phenoxy) is 1. The number of aliphatic hydroxyl groups excluding tert-OH is 1. The van der Waals surface area contributed by atoms with E-state index in [9.17, 15) is 9.18 Å². The van der Waals surface area contributed by atoms with Gasteiger partial charge in [0.1, 0.15) is 0 Å². The van der Waals surface area contributed by atoms with Gasteiger partial charge in [-0.3, -0.25) is 4.79 Å². The number of hydrogen-bond donors (Lipinski definition) is 2. The zero-order valence-corrected chi connectivity index (χ0v) is 9.00. The average Bonchev–Trinajstić information content (AvgIpc) is 2.30. The second kappa shape index (κ2) is 6.07. The minimum absolute atomic E-state index is 0.0209. The summed E-state index contributed by atoms with van der Waals surface area (Å²) in [5.74, 6) is -0.782. The van der Waals surface area contributed by atoms with Crippen LogP contribution in [0.4, 0.5) is 4.39 Å². The summed E-state index contributed by atoms with van der Waals surface area (Å²) in [5.41, 5.74) is 0.330. The Kier molecular flexibility index (Phi) is 4.72. The summed E-state index contributed by atoms with van der Waals surface area (Å²) in [4.78, 5) is 11.5. The Labute approximate surface area is 93.0 Å². The molecule has 1 amide bonds. The van der Waals surface area contributed by atoms with Gasteiger partial charge < -0.3 is 15.2 Å². The van der Waals surface area contributed by atoms with E-state index >= 15 is 0 Å². The summed E-state index contributed by atoms with van der Waals surface area (Å²) >= 11 is 0. The highest BCUT2D eigenvalue weighted by Gasteiger charge is 2.09. The van der Waals surface area contributed by atoms with E-state index in [2.05, 4.69) is 5.32 Å². The third-order valence-corrected chi connectivity index (χ3v) is 2.03. The van der Waals surface area contributed by atoms with E-state index in [1.807, 2.05) is 0 Å². The van der Waals surface area contributed by atoms with Gasteiger partial charge in [0.15, 0.2) is 11.6 Å². The third kappa shape index (κ3) is 3.20. The molecule has 0 bridgehead atoms. The number of methoxy groups -OCH3 is 1. The smallest absolute Gasteiger partial charge is 0.251 e. The van der Waals surface area contributed by atoms with Gasteiger partial charge in [-0.25, -0.2) is 4.39 Å². The van der Waals surface area contributed by atoms with E-state index in [1.165, 1.54) is 25.3 Å². The molecule has 2 N–H and O–H groups in total. The second-order valence-electron chi connectivity index (χ2n) is 3.18. The molecule has 0 aliphatic heterocycles. The quantitative estimate of drug-likeness (QED) is 0.736. The summed E-state index contributed by atoms with van der Waals surface area (Å²) in [5, 5.41) is 11.1. The number of aliphatic hydroxyl groups is 1. The first-order valence-corrected chi connectivity index (χ1v) is 4.91. The molecule has 0 aliphatic rings. The minimum Gasteiger partial charge on any atom is -0.494 e. The van der Waals surface area contributed by atoms with Gasteiger partial charge in [-0.1, -0.05) is 0 Å². The first-order chi connectivity index (χ1) is 7.69. The average molecular weight is 227 g/mol. The fourth-order valence-corrected chi connectivity index (χ4v) is 1.18. The van der Waals surface area contributed by atoms with Crippen LogP contribution in [0, 0.1) is 5.82 Å². The van der Waals surface area contributed by atoms with Crippen LogP contribution in [0.2, 0.25) is 0 Å². The van der Waals surface area contributed by atoms with Crippen LogP contribution in [0.5, 0.6) is 5.75 Å². The lowest BCUT2D eigenvalue weighted by molar-refractivity contribution is 0.0950. The van der Waals surface area contributed by atoms with Gasteiger partial charge in [-0.2, -0.15) is 0 Å². The molecule has 0 spiro atoms. The predicted octanol–water partition coefficient (Wildman–Crippen LogP) is 0.946. The summed E-state index contributed by atoms with van der Waals surface area (Å²) in [6.45, 7) is 0.405. The molecule has 0 saturated carbocycles. The number of amides is 1. The molecule has 0 heterocycles. The maximum atomic E-state index is 13.1. The topological polar surface area (TPSA) is 58.6 Å². The number of carbonyl (C=O) groups is 1. The zero-order chi connectivity index (χ0) is 12.0. The molecular formula is C11H14FNO3. The van der Waals surface area contributed by atoms with Crippen LogP contribution in [0.1, 0.15) is 16.8 Å². The van der Waals surface area contributed by atoms with Crippen LogP contribution in [-0.4, -0.2) is 31.3 Å². The molecule has 1 aromatic carbocycles. The molecule has 0 radical (unpaired) electrons. The van der Waals surface area contributed by atoms with Crippen LogP contribution in [0.15, 0.2) is 18.2 Å². The Morgan fingerprint density at radius 1 is 1.56 bits per heavy atom. The van der Waals surface area contributed by atoms with Crippen LogP contribution in [0.3, 0.4) is 0 Å². The molecule has 88 valence electrons. The molecule has 0 saturated heterocycles. The Hall–Kier alpha value is -1.62. The monoisotopic (exact) mass is 227 g/mol. The summed E-state index contributed by atoms with van der Waals surface area (Å²) in [7, 11) is 1.34. The van der Waals surface area contributed by atoms with E-state index < -0.39 is 5.82 Å². The van der Waals surface area contributed by atoms with Gasteiger partial charge in [-0.05, 0) is 24.6 Å². The fraction of sp³-hybridized carbons (Fsp3) is 0.364. The van der Waals surface area contributed by atoms with Crippen LogP contribution in [0.25, 0.3) is 0 Å². The standard InChI is InChI=1S/C11H14FNO3/c1-16-10-7-8(3-4-9(10)12)11(15)13-5-2-6-14/h3-4,7,14H,2,5-6H2,1H3,(H,13,15). The first kappa shape index (κ1) is 12.4. The van der Waals surface area contributed by atoms with Crippen molar-refractivity contribution in [3.05, 3.63) is 29.6 Å². The molecule has 1 rings (SSSR count). The number of carbonyl (C=O) groups excluding carboxylic acids is 1. The van der Waals surface area contributed by atoms with Crippen molar-refractivity contribution in [3.8, 4) is 5.75 Å². The largest absolute Gasteiger partial charge is 0.494 e. The van der Waals surface area contributed by atoms with Crippen molar-refractivity contribution in [2.75, 3.05) is 20.3 Å². The molecule has 0 atom stereocenters. The number of benzene rings is 1. The number of halogens is 1. The second-order valence-corrected chi connectivity index (χ2v) is 3.18. The lowest BCUT2D eigenvalue weighted by atomic mass is 10.2. The van der Waals surface area contributed by atoms with Gasteiger partial charge in [-0.15, -0.1) is 0 Å². The lowest BCUT2D eigenvalue weighted by Crippen LogP contribution is -2.25. The van der Waals surface area contributed by atoms with Crippen molar-refractivity contribution >= 4 is 5.91 Å². The van der Waals surface area contributed by atoms with E-state index in [4.69, 9.17) is 9.84 Å². The lowest BCUT2D eigenvalue weighted by Gasteiger charge is -2.06. The van der Waals surface area contributed by atoms with E-state index in [0.717, 1.165) is 0 Å². The Morgan fingerprint density at radius 3 is 2.94 bits per heavy atom. The van der Waals surface area contributed by atoms with E-state index in [-0.39, 0.29) is 18.3 Å². The molecule has 0 unspecified atom stereocenters. The Morgan fingerprint density at radius 2 is 2.31 bits per heavy atom. The van der Waals surface area contributed by atoms with Crippen molar-refractivity contribution in [2.45, 2.75) is 6.42 Å². The van der Waals surface area contributed by atoms with Gasteiger partial charge in [0.05, 0.1) is 7.11 Å². The Balaban J connectivity index is 2.68. The van der Waals surface area contributed by atoms with Gasteiger partial charge in [0, 0.05) is 18.7 Å². The highest BCUT2D eigenvalue weighted by Crippen LogP contribution is 2.17. The molecule has 5 heteroatoms. The summed E-state index contributed by atoms with van der Waals surface area (Å²) in [6, 6.07) is 3.90. The summed E-state index contributed by atoms with van der Waals surface area (Å²) in [6.07, 6.45) is 0.490. The number of nitrogens with one attached hydrogen (secondary N) is 1. The highest BCUT2D eigenvalue weighted by molar-refractivity contribution is 5.94. The molecule has 4 nitrogen and oxygen atoms in total. The van der Waals surface area contributed by atoms with E-state index in [1.54, 1.807) is 0 Å². The van der Waals surface area contributed by atoms with Crippen LogP contribution < -0.4 is 10.1 Å². The van der Waals surface area contributed by atoms with Gasteiger partial charge >= 0.3 is 0 Å². The molecule has 0 aromatic heterocycles. The molecule has 16 heavy (non-hydrogen) atoms. The Bertz CT molecular complexity index is 368. The molecule has 1 aromatic rings.